The van der Waals surface area contributed by atoms with E-state index in [2.05, 4.69) is 25.7 Å². The first-order valence-corrected chi connectivity index (χ1v) is 8.33. The standard InChI is InChI=1S/C18H28N6O.HI/c1-13-9-14(2)24(23-13)16-8-7-15(10-20-16)11-21-17(19-5)22-12-18(3,4)25-6;/h7-10H,11-12H2,1-6H3,(H2,19,21,22);1H. The molecule has 26 heavy (non-hydrogen) atoms. The maximum atomic E-state index is 5.40. The Morgan fingerprint density at radius 3 is 2.50 bits per heavy atom. The molecule has 0 saturated carbocycles. The van der Waals surface area contributed by atoms with Gasteiger partial charge in [-0.3, -0.25) is 4.99 Å². The summed E-state index contributed by atoms with van der Waals surface area (Å²) in [6.07, 6.45) is 1.85. The number of aryl methyl sites for hydroxylation is 2. The van der Waals surface area contributed by atoms with Crippen LogP contribution in [0.25, 0.3) is 5.82 Å². The van der Waals surface area contributed by atoms with Gasteiger partial charge in [0.25, 0.3) is 0 Å². The van der Waals surface area contributed by atoms with E-state index in [1.807, 2.05) is 56.8 Å². The first-order chi connectivity index (χ1) is 11.8. The van der Waals surface area contributed by atoms with Gasteiger partial charge >= 0.3 is 0 Å². The van der Waals surface area contributed by atoms with Crippen LogP contribution in [-0.4, -0.2) is 47.0 Å². The Bertz CT molecular complexity index is 724. The van der Waals surface area contributed by atoms with Crippen LogP contribution in [-0.2, 0) is 11.3 Å². The van der Waals surface area contributed by atoms with Gasteiger partial charge in [-0.1, -0.05) is 6.07 Å². The molecule has 0 aliphatic rings. The predicted molar refractivity (Wildman–Crippen MR) is 116 cm³/mol. The summed E-state index contributed by atoms with van der Waals surface area (Å²) in [6.45, 7) is 9.35. The molecule has 2 N–H and O–H groups in total. The van der Waals surface area contributed by atoms with Crippen molar-refractivity contribution in [2.24, 2.45) is 4.99 Å². The van der Waals surface area contributed by atoms with Crippen LogP contribution in [0.5, 0.6) is 0 Å². The molecule has 0 bridgehead atoms. The van der Waals surface area contributed by atoms with Gasteiger partial charge in [0, 0.05) is 39.1 Å². The molecule has 0 atom stereocenters. The minimum atomic E-state index is -0.249. The maximum Gasteiger partial charge on any atom is 0.191 e. The Morgan fingerprint density at radius 1 is 1.27 bits per heavy atom. The largest absolute Gasteiger partial charge is 0.377 e. The van der Waals surface area contributed by atoms with Crippen molar-refractivity contribution in [3.63, 3.8) is 0 Å². The zero-order valence-corrected chi connectivity index (χ0v) is 18.7. The smallest absolute Gasteiger partial charge is 0.191 e. The van der Waals surface area contributed by atoms with Crippen LogP contribution < -0.4 is 10.6 Å². The van der Waals surface area contributed by atoms with Gasteiger partial charge in [-0.2, -0.15) is 5.10 Å². The van der Waals surface area contributed by atoms with Crippen LogP contribution in [0, 0.1) is 13.8 Å². The molecule has 144 valence electrons. The maximum absolute atomic E-state index is 5.40. The normalized spacial score (nSPS) is 11.8. The fourth-order valence-electron chi connectivity index (χ4n) is 2.28. The Hall–Kier alpha value is -1.68. The number of methoxy groups -OCH3 is 1. The molecule has 0 amide bonds. The lowest BCUT2D eigenvalue weighted by Crippen LogP contribution is -2.45. The van der Waals surface area contributed by atoms with Gasteiger partial charge in [-0.15, -0.1) is 24.0 Å². The van der Waals surface area contributed by atoms with Crippen molar-refractivity contribution in [2.45, 2.75) is 39.8 Å². The van der Waals surface area contributed by atoms with Gasteiger partial charge in [0.1, 0.15) is 0 Å². The van der Waals surface area contributed by atoms with E-state index in [1.54, 1.807) is 14.2 Å². The number of halogens is 1. The Labute approximate surface area is 172 Å². The summed E-state index contributed by atoms with van der Waals surface area (Å²) in [5.41, 5.74) is 2.87. The minimum Gasteiger partial charge on any atom is -0.377 e. The number of rotatable bonds is 6. The number of pyridine rings is 1. The van der Waals surface area contributed by atoms with Gasteiger partial charge in [-0.25, -0.2) is 9.67 Å². The topological polar surface area (TPSA) is 76.4 Å². The number of hydrogen-bond acceptors (Lipinski definition) is 4. The van der Waals surface area contributed by atoms with E-state index in [4.69, 9.17) is 4.74 Å². The quantitative estimate of drug-likeness (QED) is 0.384. The fourth-order valence-corrected chi connectivity index (χ4v) is 2.28. The van der Waals surface area contributed by atoms with Crippen molar-refractivity contribution in [2.75, 3.05) is 20.7 Å². The summed E-state index contributed by atoms with van der Waals surface area (Å²) < 4.78 is 7.25. The summed E-state index contributed by atoms with van der Waals surface area (Å²) in [5, 5.41) is 11.0. The molecular formula is C18H29IN6O. The van der Waals surface area contributed by atoms with E-state index in [-0.39, 0.29) is 29.6 Å². The van der Waals surface area contributed by atoms with Crippen LogP contribution in [0.2, 0.25) is 0 Å². The fraction of sp³-hybridized carbons (Fsp3) is 0.500. The molecule has 0 unspecified atom stereocenters. The van der Waals surface area contributed by atoms with E-state index in [0.29, 0.717) is 13.1 Å². The second-order valence-electron chi connectivity index (χ2n) is 6.61. The monoisotopic (exact) mass is 472 g/mol. The number of nitrogens with zero attached hydrogens (tertiary/aromatic N) is 4. The van der Waals surface area contributed by atoms with Crippen LogP contribution >= 0.6 is 24.0 Å². The molecule has 0 aliphatic carbocycles. The lowest BCUT2D eigenvalue weighted by Gasteiger charge is -2.24. The van der Waals surface area contributed by atoms with Gasteiger partial charge in [-0.05, 0) is 45.4 Å². The number of aliphatic imine (C=N–C) groups is 1. The molecule has 8 heteroatoms. The Morgan fingerprint density at radius 2 is 2.00 bits per heavy atom. The zero-order chi connectivity index (χ0) is 18.4. The van der Waals surface area contributed by atoms with Crippen molar-refractivity contribution in [1.82, 2.24) is 25.4 Å². The summed E-state index contributed by atoms with van der Waals surface area (Å²) in [4.78, 5) is 8.73. The Kier molecular flexibility index (Phi) is 8.48. The van der Waals surface area contributed by atoms with E-state index >= 15 is 0 Å². The lowest BCUT2D eigenvalue weighted by molar-refractivity contribution is 0.0268. The molecule has 0 aromatic carbocycles. The highest BCUT2D eigenvalue weighted by atomic mass is 127. The zero-order valence-electron chi connectivity index (χ0n) is 16.3. The van der Waals surface area contributed by atoms with Crippen molar-refractivity contribution in [3.8, 4) is 5.82 Å². The average Bonchev–Trinajstić information content (AvgIpc) is 2.94. The second kappa shape index (κ2) is 9.86. The van der Waals surface area contributed by atoms with E-state index in [1.165, 1.54) is 0 Å². The van der Waals surface area contributed by atoms with Crippen molar-refractivity contribution >= 4 is 29.9 Å². The highest BCUT2D eigenvalue weighted by molar-refractivity contribution is 14.0. The minimum absolute atomic E-state index is 0. The highest BCUT2D eigenvalue weighted by Crippen LogP contribution is 2.10. The van der Waals surface area contributed by atoms with Gasteiger partial charge < -0.3 is 15.4 Å². The molecule has 0 fully saturated rings. The van der Waals surface area contributed by atoms with Crippen LogP contribution in [0.4, 0.5) is 0 Å². The number of hydrogen-bond donors (Lipinski definition) is 2. The molecule has 2 rings (SSSR count). The van der Waals surface area contributed by atoms with Gasteiger partial charge in [0.15, 0.2) is 11.8 Å². The van der Waals surface area contributed by atoms with Crippen LogP contribution in [0.3, 0.4) is 0 Å². The third-order valence-corrected chi connectivity index (χ3v) is 3.95. The second-order valence-corrected chi connectivity index (χ2v) is 6.61. The molecular weight excluding hydrogens is 443 g/mol. The third-order valence-electron chi connectivity index (χ3n) is 3.95. The van der Waals surface area contributed by atoms with Crippen molar-refractivity contribution < 1.29 is 4.74 Å². The van der Waals surface area contributed by atoms with E-state index in [9.17, 15) is 0 Å². The SMILES string of the molecule is CN=C(NCc1ccc(-n2nc(C)cc2C)nc1)NCC(C)(C)OC.I. The molecule has 2 aromatic rings. The molecule has 0 spiro atoms. The van der Waals surface area contributed by atoms with Crippen LogP contribution in [0.15, 0.2) is 29.4 Å². The third kappa shape index (κ3) is 6.24. The lowest BCUT2D eigenvalue weighted by atomic mass is 10.1. The van der Waals surface area contributed by atoms with Crippen LogP contribution in [0.1, 0.15) is 30.8 Å². The summed E-state index contributed by atoms with van der Waals surface area (Å²) >= 11 is 0. The predicted octanol–water partition coefficient (Wildman–Crippen LogP) is 2.59. The average molecular weight is 472 g/mol. The van der Waals surface area contributed by atoms with Crippen molar-refractivity contribution in [3.05, 3.63) is 41.3 Å². The number of nitrogens with one attached hydrogen (secondary N) is 2. The molecule has 7 nitrogen and oxygen atoms in total. The summed E-state index contributed by atoms with van der Waals surface area (Å²) in [6, 6.07) is 6.05. The molecule has 0 aliphatic heterocycles. The molecule has 0 saturated heterocycles. The molecule has 2 aromatic heterocycles. The van der Waals surface area contributed by atoms with E-state index < -0.39 is 0 Å². The number of guanidine groups is 1. The first kappa shape index (κ1) is 22.4. The number of ether oxygens (including phenoxy) is 1. The van der Waals surface area contributed by atoms with Crippen molar-refractivity contribution in [1.29, 1.82) is 0 Å². The first-order valence-electron chi connectivity index (χ1n) is 8.33. The molecule has 0 radical (unpaired) electrons. The highest BCUT2D eigenvalue weighted by Gasteiger charge is 2.16. The molecule has 2 heterocycles. The summed E-state index contributed by atoms with van der Waals surface area (Å²) in [7, 11) is 3.45. The van der Waals surface area contributed by atoms with E-state index in [0.717, 1.165) is 28.7 Å². The number of aromatic nitrogens is 3. The summed E-state index contributed by atoms with van der Waals surface area (Å²) in [5.74, 6) is 1.55. The van der Waals surface area contributed by atoms with Gasteiger partial charge in [0.05, 0.1) is 11.3 Å². The van der Waals surface area contributed by atoms with Gasteiger partial charge in [0.2, 0.25) is 0 Å². The Balaban J connectivity index is 0.00000338.